The van der Waals surface area contributed by atoms with Gasteiger partial charge in [-0.1, -0.05) is 27.2 Å². The smallest absolute Gasteiger partial charge is 0.261 e. The largest absolute Gasteiger partial charge is 0.493 e. The van der Waals surface area contributed by atoms with Crippen molar-refractivity contribution in [2.75, 3.05) is 6.61 Å². The molecule has 0 spiro atoms. The number of aryl methyl sites for hydroxylation is 1. The number of ether oxygens (including phenoxy) is 1. The van der Waals surface area contributed by atoms with Crippen LogP contribution in [0.1, 0.15) is 50.7 Å². The number of rotatable bonds is 6. The lowest BCUT2D eigenvalue weighted by Gasteiger charge is -2.16. The van der Waals surface area contributed by atoms with Crippen molar-refractivity contribution in [3.8, 4) is 5.75 Å². The molecule has 0 radical (unpaired) electrons. The lowest BCUT2D eigenvalue weighted by atomic mass is 10.0. The Morgan fingerprint density at radius 3 is 2.42 bits per heavy atom. The first kappa shape index (κ1) is 16.3. The minimum Gasteiger partial charge on any atom is -0.493 e. The topological polar surface area (TPSA) is 43.4 Å². The molecule has 1 aromatic carbocycles. The third-order valence-corrected chi connectivity index (χ3v) is 4.41. The highest BCUT2D eigenvalue weighted by Crippen LogP contribution is 2.33. The van der Waals surface area contributed by atoms with Crippen LogP contribution in [-0.2, 0) is 9.05 Å². The number of unbranched alkanes of at least 4 members (excludes halogenated alkanes) is 1. The maximum atomic E-state index is 11.5. The van der Waals surface area contributed by atoms with Crippen LogP contribution in [0.2, 0.25) is 0 Å². The summed E-state index contributed by atoms with van der Waals surface area (Å²) in [7, 11) is 1.74. The summed E-state index contributed by atoms with van der Waals surface area (Å²) in [6.45, 7) is 8.47. The first-order valence-electron chi connectivity index (χ1n) is 6.49. The molecule has 108 valence electrons. The summed E-state index contributed by atoms with van der Waals surface area (Å²) >= 11 is 0. The van der Waals surface area contributed by atoms with Crippen LogP contribution in [0.5, 0.6) is 5.75 Å². The van der Waals surface area contributed by atoms with Crippen LogP contribution < -0.4 is 4.74 Å². The second-order valence-electron chi connectivity index (χ2n) is 4.95. The summed E-state index contributed by atoms with van der Waals surface area (Å²) < 4.78 is 28.8. The molecule has 0 heterocycles. The van der Waals surface area contributed by atoms with E-state index in [1.54, 1.807) is 19.1 Å². The SMILES string of the molecule is CCCCOc1cc(C)c(S(=O)(=O)Cl)cc1C(C)C. The van der Waals surface area contributed by atoms with E-state index >= 15 is 0 Å². The first-order chi connectivity index (χ1) is 8.77. The normalized spacial score (nSPS) is 11.9. The lowest BCUT2D eigenvalue weighted by molar-refractivity contribution is 0.304. The third-order valence-electron chi connectivity index (χ3n) is 2.95. The molecular formula is C14H21ClO3S. The summed E-state index contributed by atoms with van der Waals surface area (Å²) in [5.41, 5.74) is 1.49. The molecule has 0 aliphatic carbocycles. The Bertz CT molecular complexity index is 536. The van der Waals surface area contributed by atoms with Crippen molar-refractivity contribution in [3.63, 3.8) is 0 Å². The van der Waals surface area contributed by atoms with Gasteiger partial charge in [0.2, 0.25) is 0 Å². The minimum absolute atomic E-state index is 0.167. The quantitative estimate of drug-likeness (QED) is 0.583. The summed E-state index contributed by atoms with van der Waals surface area (Å²) in [5, 5.41) is 0. The minimum atomic E-state index is -3.71. The van der Waals surface area contributed by atoms with Crippen LogP contribution in [0.25, 0.3) is 0 Å². The Kier molecular flexibility index (Phi) is 5.68. The number of hydrogen-bond acceptors (Lipinski definition) is 3. The van der Waals surface area contributed by atoms with Gasteiger partial charge in [-0.3, -0.25) is 0 Å². The van der Waals surface area contributed by atoms with Crippen molar-refractivity contribution in [1.82, 2.24) is 0 Å². The standard InChI is InChI=1S/C14H21ClO3S/c1-5-6-7-18-13-8-11(4)14(19(15,16)17)9-12(13)10(2)3/h8-10H,5-7H2,1-4H3. The van der Waals surface area contributed by atoms with E-state index in [0.717, 1.165) is 24.2 Å². The Labute approximate surface area is 120 Å². The zero-order valence-corrected chi connectivity index (χ0v) is 13.4. The molecule has 3 nitrogen and oxygen atoms in total. The van der Waals surface area contributed by atoms with Crippen molar-refractivity contribution in [1.29, 1.82) is 0 Å². The Balaban J connectivity index is 3.22. The molecule has 0 aliphatic rings. The number of benzene rings is 1. The predicted molar refractivity (Wildman–Crippen MR) is 78.7 cm³/mol. The summed E-state index contributed by atoms with van der Waals surface area (Å²) in [4.78, 5) is 0.167. The molecule has 0 aromatic heterocycles. The van der Waals surface area contributed by atoms with Gasteiger partial charge in [-0.2, -0.15) is 0 Å². The van der Waals surface area contributed by atoms with E-state index in [9.17, 15) is 8.42 Å². The maximum absolute atomic E-state index is 11.5. The van der Waals surface area contributed by atoms with E-state index in [1.807, 2.05) is 13.8 Å². The van der Waals surface area contributed by atoms with Crippen molar-refractivity contribution in [2.24, 2.45) is 0 Å². The number of halogens is 1. The van der Waals surface area contributed by atoms with Crippen LogP contribution in [0.4, 0.5) is 0 Å². The second-order valence-corrected chi connectivity index (χ2v) is 7.48. The Hall–Kier alpha value is -0.740. The summed E-state index contributed by atoms with van der Waals surface area (Å²) in [5.74, 6) is 0.930. The fourth-order valence-corrected chi connectivity index (χ4v) is 3.05. The van der Waals surface area contributed by atoms with Crippen molar-refractivity contribution in [2.45, 2.75) is 51.3 Å². The van der Waals surface area contributed by atoms with Gasteiger partial charge in [0, 0.05) is 10.7 Å². The molecule has 19 heavy (non-hydrogen) atoms. The van der Waals surface area contributed by atoms with E-state index in [2.05, 4.69) is 6.92 Å². The van der Waals surface area contributed by atoms with Crippen LogP contribution in [-0.4, -0.2) is 15.0 Å². The Morgan fingerprint density at radius 1 is 1.32 bits per heavy atom. The molecule has 0 N–H and O–H groups in total. The van der Waals surface area contributed by atoms with E-state index < -0.39 is 9.05 Å². The molecule has 0 saturated heterocycles. The molecule has 0 atom stereocenters. The summed E-state index contributed by atoms with van der Waals surface area (Å²) in [6.07, 6.45) is 2.04. The predicted octanol–water partition coefficient (Wildman–Crippen LogP) is 4.22. The maximum Gasteiger partial charge on any atom is 0.261 e. The van der Waals surface area contributed by atoms with Gasteiger partial charge < -0.3 is 4.74 Å². The van der Waals surface area contributed by atoms with Gasteiger partial charge in [0.05, 0.1) is 11.5 Å². The zero-order chi connectivity index (χ0) is 14.6. The van der Waals surface area contributed by atoms with E-state index in [1.165, 1.54) is 0 Å². The van der Waals surface area contributed by atoms with Gasteiger partial charge in [0.15, 0.2) is 0 Å². The molecular weight excluding hydrogens is 284 g/mol. The van der Waals surface area contributed by atoms with Gasteiger partial charge in [-0.25, -0.2) is 8.42 Å². The van der Waals surface area contributed by atoms with Crippen molar-refractivity contribution in [3.05, 3.63) is 23.3 Å². The fraction of sp³-hybridized carbons (Fsp3) is 0.571. The second kappa shape index (κ2) is 6.62. The molecule has 0 unspecified atom stereocenters. The van der Waals surface area contributed by atoms with E-state index in [4.69, 9.17) is 15.4 Å². The molecule has 0 saturated carbocycles. The van der Waals surface area contributed by atoms with Crippen LogP contribution >= 0.6 is 10.7 Å². The van der Waals surface area contributed by atoms with Crippen molar-refractivity contribution >= 4 is 19.7 Å². The average Bonchev–Trinajstić information content (AvgIpc) is 2.27. The Morgan fingerprint density at radius 2 is 1.95 bits per heavy atom. The highest BCUT2D eigenvalue weighted by atomic mass is 35.7. The van der Waals surface area contributed by atoms with Gasteiger partial charge in [0.1, 0.15) is 5.75 Å². The van der Waals surface area contributed by atoms with Crippen LogP contribution in [0.15, 0.2) is 17.0 Å². The molecule has 0 fully saturated rings. The molecule has 0 aliphatic heterocycles. The molecule has 0 amide bonds. The zero-order valence-electron chi connectivity index (χ0n) is 11.9. The van der Waals surface area contributed by atoms with E-state index in [0.29, 0.717) is 12.2 Å². The van der Waals surface area contributed by atoms with Gasteiger partial charge >= 0.3 is 0 Å². The molecule has 5 heteroatoms. The lowest BCUT2D eigenvalue weighted by Crippen LogP contribution is -2.04. The fourth-order valence-electron chi connectivity index (χ4n) is 1.84. The van der Waals surface area contributed by atoms with Gasteiger partial charge in [-0.15, -0.1) is 0 Å². The molecule has 1 aromatic rings. The van der Waals surface area contributed by atoms with Gasteiger partial charge in [0.25, 0.3) is 9.05 Å². The highest BCUT2D eigenvalue weighted by molar-refractivity contribution is 8.13. The summed E-state index contributed by atoms with van der Waals surface area (Å²) in [6, 6.07) is 3.39. The van der Waals surface area contributed by atoms with Gasteiger partial charge in [-0.05, 0) is 42.5 Å². The molecule has 1 rings (SSSR count). The number of hydrogen-bond donors (Lipinski definition) is 0. The monoisotopic (exact) mass is 304 g/mol. The highest BCUT2D eigenvalue weighted by Gasteiger charge is 2.19. The van der Waals surface area contributed by atoms with E-state index in [-0.39, 0.29) is 10.8 Å². The molecule has 0 bridgehead atoms. The average molecular weight is 305 g/mol. The van der Waals surface area contributed by atoms with Crippen LogP contribution in [0, 0.1) is 6.92 Å². The third kappa shape index (κ3) is 4.39. The first-order valence-corrected chi connectivity index (χ1v) is 8.80. The van der Waals surface area contributed by atoms with Crippen molar-refractivity contribution < 1.29 is 13.2 Å². The van der Waals surface area contributed by atoms with Crippen LogP contribution in [0.3, 0.4) is 0 Å².